The van der Waals surface area contributed by atoms with Crippen molar-refractivity contribution in [2.75, 3.05) is 7.11 Å². The molecule has 11 heteroatoms. The molecule has 0 aliphatic carbocycles. The van der Waals surface area contributed by atoms with Crippen molar-refractivity contribution in [3.63, 3.8) is 0 Å². The SMILES string of the molecule is COc1ccc(S(=O)(=O)n2cc(CC(NC(=O)O)C(C)(C)C)cc2-c2cccnc2F)cn1. The number of pyridine rings is 2. The molecule has 0 radical (unpaired) electrons. The van der Waals surface area contributed by atoms with Gasteiger partial charge in [-0.3, -0.25) is 0 Å². The molecule has 1 unspecified atom stereocenters. The predicted octanol–water partition coefficient (Wildman–Crippen LogP) is 3.55. The largest absolute Gasteiger partial charge is 0.481 e. The molecule has 3 heterocycles. The Morgan fingerprint density at radius 2 is 2.00 bits per heavy atom. The van der Waals surface area contributed by atoms with Crippen LogP contribution in [0.3, 0.4) is 0 Å². The highest BCUT2D eigenvalue weighted by molar-refractivity contribution is 7.90. The van der Waals surface area contributed by atoms with Gasteiger partial charge in [0.1, 0.15) is 4.90 Å². The molecule has 0 bridgehead atoms. The summed E-state index contributed by atoms with van der Waals surface area (Å²) in [6.07, 6.45) is 2.78. The Kier molecular flexibility index (Phi) is 6.73. The third-order valence-electron chi connectivity index (χ3n) is 5.14. The number of aromatic nitrogens is 3. The molecule has 0 aromatic carbocycles. The maximum Gasteiger partial charge on any atom is 0.404 e. The summed E-state index contributed by atoms with van der Waals surface area (Å²) >= 11 is 0. The van der Waals surface area contributed by atoms with Gasteiger partial charge in [0.2, 0.25) is 11.8 Å². The molecule has 3 aromatic heterocycles. The van der Waals surface area contributed by atoms with Gasteiger partial charge in [-0.05, 0) is 41.7 Å². The van der Waals surface area contributed by atoms with Crippen LogP contribution in [0.25, 0.3) is 11.3 Å². The molecule has 0 saturated carbocycles. The molecule has 1 atom stereocenters. The number of amides is 1. The predicted molar refractivity (Wildman–Crippen MR) is 119 cm³/mol. The van der Waals surface area contributed by atoms with Gasteiger partial charge in [0, 0.05) is 24.5 Å². The van der Waals surface area contributed by atoms with Gasteiger partial charge in [-0.1, -0.05) is 20.8 Å². The molecule has 0 fully saturated rings. The van der Waals surface area contributed by atoms with Crippen LogP contribution in [-0.4, -0.2) is 46.7 Å². The smallest absolute Gasteiger partial charge is 0.404 e. The summed E-state index contributed by atoms with van der Waals surface area (Å²) in [7, 11) is -2.75. The molecule has 1 amide bonds. The summed E-state index contributed by atoms with van der Waals surface area (Å²) in [5.41, 5.74) is 0.104. The zero-order valence-electron chi connectivity index (χ0n) is 18.6. The summed E-state index contributed by atoms with van der Waals surface area (Å²) in [5.74, 6) is -0.587. The second kappa shape index (κ2) is 9.18. The van der Waals surface area contributed by atoms with E-state index in [0.29, 0.717) is 5.56 Å². The van der Waals surface area contributed by atoms with Crippen LogP contribution in [0.1, 0.15) is 26.3 Å². The Hall–Kier alpha value is -3.47. The number of hydrogen-bond donors (Lipinski definition) is 2. The third kappa shape index (κ3) is 5.30. The molecule has 9 nitrogen and oxygen atoms in total. The molecule has 176 valence electrons. The van der Waals surface area contributed by atoms with E-state index >= 15 is 0 Å². The lowest BCUT2D eigenvalue weighted by Gasteiger charge is -2.30. The first-order valence-corrected chi connectivity index (χ1v) is 11.4. The molecule has 2 N–H and O–H groups in total. The van der Waals surface area contributed by atoms with Crippen molar-refractivity contribution in [1.82, 2.24) is 19.3 Å². The van der Waals surface area contributed by atoms with Gasteiger partial charge >= 0.3 is 6.09 Å². The van der Waals surface area contributed by atoms with Crippen LogP contribution >= 0.6 is 0 Å². The van der Waals surface area contributed by atoms with Crippen molar-refractivity contribution in [2.45, 2.75) is 38.1 Å². The molecular formula is C22H25FN4O5S. The van der Waals surface area contributed by atoms with E-state index in [9.17, 15) is 22.7 Å². The number of carbonyl (C=O) groups is 1. The van der Waals surface area contributed by atoms with Crippen LogP contribution < -0.4 is 10.1 Å². The second-order valence-corrected chi connectivity index (χ2v) is 10.3. The first-order chi connectivity index (χ1) is 15.4. The highest BCUT2D eigenvalue weighted by atomic mass is 32.2. The molecule has 0 saturated heterocycles. The zero-order valence-corrected chi connectivity index (χ0v) is 19.4. The number of nitrogens with zero attached hydrogens (tertiary/aromatic N) is 3. The Balaban J connectivity index is 2.15. The fourth-order valence-corrected chi connectivity index (χ4v) is 4.63. The summed E-state index contributed by atoms with van der Waals surface area (Å²) in [6.45, 7) is 5.60. The van der Waals surface area contributed by atoms with E-state index in [0.717, 1.165) is 10.2 Å². The number of hydrogen-bond acceptors (Lipinski definition) is 6. The van der Waals surface area contributed by atoms with E-state index in [4.69, 9.17) is 4.74 Å². The number of ether oxygens (including phenoxy) is 1. The number of carboxylic acid groups (broad SMARTS) is 1. The van der Waals surface area contributed by atoms with E-state index in [-0.39, 0.29) is 28.5 Å². The number of rotatable bonds is 7. The number of halogens is 1. The van der Waals surface area contributed by atoms with E-state index < -0.39 is 33.5 Å². The lowest BCUT2D eigenvalue weighted by atomic mass is 9.83. The van der Waals surface area contributed by atoms with Crippen molar-refractivity contribution in [2.24, 2.45) is 5.41 Å². The summed E-state index contributed by atoms with van der Waals surface area (Å²) in [6, 6.07) is 6.68. The lowest BCUT2D eigenvalue weighted by Crippen LogP contribution is -2.44. The van der Waals surface area contributed by atoms with Crippen molar-refractivity contribution in [3.8, 4) is 17.1 Å². The molecule has 3 rings (SSSR count). The van der Waals surface area contributed by atoms with E-state index in [1.165, 1.54) is 49.8 Å². The molecule has 0 spiro atoms. The third-order valence-corrected chi connectivity index (χ3v) is 6.79. The van der Waals surface area contributed by atoms with Gasteiger partial charge in [-0.15, -0.1) is 0 Å². The molecular weight excluding hydrogens is 451 g/mol. The van der Waals surface area contributed by atoms with Crippen molar-refractivity contribution < 1.29 is 27.4 Å². The monoisotopic (exact) mass is 476 g/mol. The first-order valence-electron chi connectivity index (χ1n) is 10.0. The Morgan fingerprint density at radius 3 is 2.55 bits per heavy atom. The summed E-state index contributed by atoms with van der Waals surface area (Å²) < 4.78 is 47.4. The fraction of sp³-hybridized carbons (Fsp3) is 0.318. The van der Waals surface area contributed by atoms with Crippen LogP contribution in [0.2, 0.25) is 0 Å². The van der Waals surface area contributed by atoms with Gasteiger partial charge in [0.05, 0.1) is 24.6 Å². The quantitative estimate of drug-likeness (QED) is 0.500. The van der Waals surface area contributed by atoms with Crippen molar-refractivity contribution in [1.29, 1.82) is 0 Å². The normalized spacial score (nSPS) is 12.9. The first kappa shape index (κ1) is 24.2. The topological polar surface area (TPSA) is 123 Å². The Bertz CT molecular complexity index is 1250. The molecule has 33 heavy (non-hydrogen) atoms. The molecule has 0 aliphatic rings. The highest BCUT2D eigenvalue weighted by Crippen LogP contribution is 2.31. The average Bonchev–Trinajstić information content (AvgIpc) is 3.17. The van der Waals surface area contributed by atoms with Gasteiger partial charge in [-0.2, -0.15) is 4.39 Å². The van der Waals surface area contributed by atoms with Crippen LogP contribution in [0.15, 0.2) is 53.8 Å². The van der Waals surface area contributed by atoms with Crippen molar-refractivity contribution in [3.05, 3.63) is 60.4 Å². The number of methoxy groups -OCH3 is 1. The Labute approximate surface area is 191 Å². The zero-order chi connectivity index (χ0) is 24.4. The van der Waals surface area contributed by atoms with Crippen LogP contribution in [0.5, 0.6) is 5.88 Å². The maximum absolute atomic E-state index is 14.5. The molecule has 3 aromatic rings. The van der Waals surface area contributed by atoms with Gasteiger partial charge in [-0.25, -0.2) is 27.2 Å². The highest BCUT2D eigenvalue weighted by Gasteiger charge is 2.29. The van der Waals surface area contributed by atoms with Gasteiger partial charge < -0.3 is 15.2 Å². The summed E-state index contributed by atoms with van der Waals surface area (Å²) in [4.78, 5) is 18.8. The molecule has 0 aliphatic heterocycles. The van der Waals surface area contributed by atoms with Crippen LogP contribution in [-0.2, 0) is 16.4 Å². The fourth-order valence-electron chi connectivity index (χ4n) is 3.29. The maximum atomic E-state index is 14.5. The standard InChI is InChI=1S/C22H25FN4O5S/c1-22(2,3)18(26-21(28)29)11-14-10-17(16-6-5-9-24-20(16)23)27(13-14)33(30,31)15-7-8-19(32-4)25-12-15/h5-10,12-13,18,26H,11H2,1-4H3,(H,28,29). The minimum atomic E-state index is -4.17. The minimum Gasteiger partial charge on any atom is -0.481 e. The van der Waals surface area contributed by atoms with Crippen LogP contribution in [0, 0.1) is 11.4 Å². The van der Waals surface area contributed by atoms with Gasteiger partial charge in [0.15, 0.2) is 0 Å². The van der Waals surface area contributed by atoms with E-state index in [1.54, 1.807) is 0 Å². The van der Waals surface area contributed by atoms with Crippen molar-refractivity contribution >= 4 is 16.1 Å². The lowest BCUT2D eigenvalue weighted by molar-refractivity contribution is 0.174. The van der Waals surface area contributed by atoms with E-state index in [1.807, 2.05) is 20.8 Å². The number of nitrogens with one attached hydrogen (secondary N) is 1. The summed E-state index contributed by atoms with van der Waals surface area (Å²) in [5, 5.41) is 11.7. The van der Waals surface area contributed by atoms with Crippen LogP contribution in [0.4, 0.5) is 9.18 Å². The van der Waals surface area contributed by atoms with E-state index in [2.05, 4.69) is 15.3 Å². The van der Waals surface area contributed by atoms with Gasteiger partial charge in [0.25, 0.3) is 10.0 Å². The Morgan fingerprint density at radius 1 is 1.27 bits per heavy atom. The minimum absolute atomic E-state index is 0.00713. The second-order valence-electron chi connectivity index (χ2n) is 8.48. The average molecular weight is 477 g/mol.